The Bertz CT molecular complexity index is 2850. The molecule has 4 heteroatoms. The van der Waals surface area contributed by atoms with Crippen LogP contribution in [0.25, 0.3) is 77.5 Å². The zero-order chi connectivity index (χ0) is 33.7. The van der Waals surface area contributed by atoms with Crippen LogP contribution in [0.1, 0.15) is 0 Å². The maximum absolute atomic E-state index is 6.55. The van der Waals surface area contributed by atoms with Crippen molar-refractivity contribution in [3.63, 3.8) is 0 Å². The molecule has 0 N–H and O–H groups in total. The van der Waals surface area contributed by atoms with Gasteiger partial charge in [0.25, 0.3) is 0 Å². The highest BCUT2D eigenvalue weighted by molar-refractivity contribution is 6.10. The number of benzene rings is 8. The highest BCUT2D eigenvalue weighted by Crippen LogP contribution is 2.42. The summed E-state index contributed by atoms with van der Waals surface area (Å²) in [5, 5.41) is 4.48. The number of fused-ring (bicyclic) bond motifs is 5. The number of hydrogen-bond donors (Lipinski definition) is 0. The molecule has 0 fully saturated rings. The molecule has 0 atom stereocenters. The summed E-state index contributed by atoms with van der Waals surface area (Å²) in [4.78, 5) is 7.08. The molecule has 4 nitrogen and oxygen atoms in total. The second kappa shape index (κ2) is 11.9. The third-order valence-electron chi connectivity index (χ3n) is 9.68. The second-order valence-corrected chi connectivity index (χ2v) is 12.8. The lowest BCUT2D eigenvalue weighted by molar-refractivity contribution is 0.620. The number of nitrogens with zero attached hydrogens (tertiary/aromatic N) is 2. The number of hydrogen-bond acceptors (Lipinski definition) is 4. The van der Waals surface area contributed by atoms with E-state index < -0.39 is 0 Å². The maximum Gasteiger partial charge on any atom is 0.227 e. The van der Waals surface area contributed by atoms with Gasteiger partial charge in [-0.3, -0.25) is 0 Å². The molecule has 0 bridgehead atoms. The van der Waals surface area contributed by atoms with Gasteiger partial charge in [0.05, 0.1) is 0 Å². The number of rotatable bonds is 6. The lowest BCUT2D eigenvalue weighted by Crippen LogP contribution is -2.10. The Morgan fingerprint density at radius 2 is 1.02 bits per heavy atom. The first-order valence-corrected chi connectivity index (χ1v) is 17.1. The van der Waals surface area contributed by atoms with Crippen LogP contribution in [0.3, 0.4) is 0 Å². The van der Waals surface area contributed by atoms with Crippen LogP contribution in [-0.2, 0) is 0 Å². The molecule has 0 aliphatic carbocycles. The van der Waals surface area contributed by atoms with E-state index in [1.54, 1.807) is 0 Å². The molecule has 2 aromatic heterocycles. The molecular weight excluding hydrogens is 625 g/mol. The molecule has 0 saturated carbocycles. The van der Waals surface area contributed by atoms with E-state index in [1.807, 2.05) is 48.5 Å². The van der Waals surface area contributed by atoms with Crippen molar-refractivity contribution in [1.82, 2.24) is 4.98 Å². The average Bonchev–Trinajstić information content (AvgIpc) is 3.78. The minimum Gasteiger partial charge on any atom is -0.456 e. The summed E-state index contributed by atoms with van der Waals surface area (Å²) in [6.45, 7) is 0. The lowest BCUT2D eigenvalue weighted by atomic mass is 9.97. The molecule has 0 radical (unpaired) electrons. The van der Waals surface area contributed by atoms with Crippen LogP contribution in [0, 0.1) is 0 Å². The fourth-order valence-electron chi connectivity index (χ4n) is 7.20. The monoisotopic (exact) mass is 654 g/mol. The molecule has 2 heterocycles. The van der Waals surface area contributed by atoms with Crippen molar-refractivity contribution in [2.24, 2.45) is 0 Å². The van der Waals surface area contributed by atoms with E-state index in [0.29, 0.717) is 5.89 Å². The molecule has 0 saturated heterocycles. The second-order valence-electron chi connectivity index (χ2n) is 12.8. The minimum absolute atomic E-state index is 0.601. The topological polar surface area (TPSA) is 42.4 Å². The smallest absolute Gasteiger partial charge is 0.227 e. The first-order valence-electron chi connectivity index (χ1n) is 17.1. The third kappa shape index (κ3) is 5.13. The van der Waals surface area contributed by atoms with Gasteiger partial charge in [-0.2, -0.15) is 0 Å². The quantitative estimate of drug-likeness (QED) is 0.179. The summed E-state index contributed by atoms with van der Waals surface area (Å²) >= 11 is 0. The van der Waals surface area contributed by atoms with Crippen molar-refractivity contribution in [2.75, 3.05) is 4.90 Å². The molecule has 51 heavy (non-hydrogen) atoms. The van der Waals surface area contributed by atoms with Gasteiger partial charge in [-0.15, -0.1) is 0 Å². The normalized spacial score (nSPS) is 11.5. The molecule has 0 amide bonds. The Morgan fingerprint density at radius 3 is 1.86 bits per heavy atom. The van der Waals surface area contributed by atoms with Gasteiger partial charge in [-0.1, -0.05) is 115 Å². The van der Waals surface area contributed by atoms with Crippen molar-refractivity contribution in [3.8, 4) is 33.7 Å². The van der Waals surface area contributed by atoms with Crippen molar-refractivity contribution in [2.45, 2.75) is 0 Å². The Morgan fingerprint density at radius 1 is 0.373 bits per heavy atom. The summed E-state index contributed by atoms with van der Waals surface area (Å²) < 4.78 is 12.8. The molecule has 0 spiro atoms. The van der Waals surface area contributed by atoms with Crippen LogP contribution in [0.4, 0.5) is 17.1 Å². The zero-order valence-corrected chi connectivity index (χ0v) is 27.5. The summed E-state index contributed by atoms with van der Waals surface area (Å²) in [6, 6.07) is 63.6. The van der Waals surface area contributed by atoms with E-state index in [9.17, 15) is 0 Å². The van der Waals surface area contributed by atoms with Gasteiger partial charge in [0.15, 0.2) is 5.58 Å². The number of oxazole rings is 1. The van der Waals surface area contributed by atoms with Crippen LogP contribution in [0.5, 0.6) is 0 Å². The molecule has 0 aliphatic heterocycles. The van der Waals surface area contributed by atoms with E-state index in [4.69, 9.17) is 13.8 Å². The minimum atomic E-state index is 0.601. The van der Waals surface area contributed by atoms with Crippen LogP contribution < -0.4 is 4.90 Å². The van der Waals surface area contributed by atoms with Gasteiger partial charge in [0, 0.05) is 45.5 Å². The zero-order valence-electron chi connectivity index (χ0n) is 27.5. The van der Waals surface area contributed by atoms with Gasteiger partial charge in [0.1, 0.15) is 16.7 Å². The fourth-order valence-corrected chi connectivity index (χ4v) is 7.20. The first kappa shape index (κ1) is 29.0. The van der Waals surface area contributed by atoms with Gasteiger partial charge in [-0.05, 0) is 87.6 Å². The average molecular weight is 655 g/mol. The molecular formula is C47H30N2O2. The summed E-state index contributed by atoms with van der Waals surface area (Å²) in [7, 11) is 0. The lowest BCUT2D eigenvalue weighted by Gasteiger charge is -2.26. The van der Waals surface area contributed by atoms with Crippen LogP contribution >= 0.6 is 0 Å². The highest BCUT2D eigenvalue weighted by Gasteiger charge is 2.18. The fraction of sp³-hybridized carbons (Fsp3) is 0. The predicted molar refractivity (Wildman–Crippen MR) is 210 cm³/mol. The van der Waals surface area contributed by atoms with E-state index in [-0.39, 0.29) is 0 Å². The number of furan rings is 1. The van der Waals surface area contributed by atoms with Gasteiger partial charge in [-0.25, -0.2) is 4.98 Å². The molecule has 10 rings (SSSR count). The van der Waals surface area contributed by atoms with E-state index in [0.717, 1.165) is 61.2 Å². The third-order valence-corrected chi connectivity index (χ3v) is 9.68. The number of anilines is 3. The Kier molecular flexibility index (Phi) is 6.78. The van der Waals surface area contributed by atoms with Gasteiger partial charge in [0.2, 0.25) is 5.89 Å². The van der Waals surface area contributed by atoms with Gasteiger partial charge >= 0.3 is 0 Å². The van der Waals surface area contributed by atoms with E-state index in [2.05, 4.69) is 138 Å². The maximum atomic E-state index is 6.55. The van der Waals surface area contributed by atoms with E-state index in [1.165, 1.54) is 27.5 Å². The summed E-state index contributed by atoms with van der Waals surface area (Å²) in [5.41, 5.74) is 11.9. The first-order chi connectivity index (χ1) is 25.2. The van der Waals surface area contributed by atoms with Crippen LogP contribution in [0.15, 0.2) is 191 Å². The molecule has 0 unspecified atom stereocenters. The van der Waals surface area contributed by atoms with Crippen molar-refractivity contribution >= 4 is 60.9 Å². The highest BCUT2D eigenvalue weighted by atomic mass is 16.4. The largest absolute Gasteiger partial charge is 0.456 e. The Hall–Kier alpha value is -6.91. The molecule has 10 aromatic rings. The van der Waals surface area contributed by atoms with Crippen molar-refractivity contribution < 1.29 is 8.83 Å². The van der Waals surface area contributed by atoms with Crippen molar-refractivity contribution in [3.05, 3.63) is 182 Å². The van der Waals surface area contributed by atoms with E-state index >= 15 is 0 Å². The number of aromatic nitrogens is 1. The Labute approximate surface area is 294 Å². The van der Waals surface area contributed by atoms with Crippen LogP contribution in [0.2, 0.25) is 0 Å². The summed E-state index contributed by atoms with van der Waals surface area (Å²) in [5.74, 6) is 0.601. The molecule has 240 valence electrons. The van der Waals surface area contributed by atoms with Crippen molar-refractivity contribution in [1.29, 1.82) is 0 Å². The molecule has 0 aliphatic rings. The Balaban J connectivity index is 1.10. The SMILES string of the molecule is c1ccc(-c2ccc(N(c3cccc(-c4cccc5ccccc45)c3)c3ccc4c(c3)oc3cc5nc(-c6ccccc6)oc5cc34)cc2)cc1. The predicted octanol–water partition coefficient (Wildman–Crippen LogP) is 13.4. The summed E-state index contributed by atoms with van der Waals surface area (Å²) in [6.07, 6.45) is 0. The standard InChI is InChI=1S/C47H30N2O2/c1-3-11-31(12-4-1)32-21-23-36(24-22-32)49(37-18-9-17-35(27-37)40-20-10-16-33-13-7-8-19-39(33)40)38-25-26-41-42-29-46-43(30-45(42)50-44(41)28-38)48-47(51-46)34-14-5-2-6-15-34/h1-30H. The van der Waals surface area contributed by atoms with Crippen LogP contribution in [-0.4, -0.2) is 4.98 Å². The van der Waals surface area contributed by atoms with Gasteiger partial charge < -0.3 is 13.7 Å². The molecule has 8 aromatic carbocycles.